The fraction of sp³-hybridized carbons (Fsp3) is 0.857. The average Bonchev–Trinajstić information content (AvgIpc) is 1.86. The van der Waals surface area contributed by atoms with Crippen molar-refractivity contribution >= 4 is 17.7 Å². The maximum atomic E-state index is 10.2. The fourth-order valence-electron chi connectivity index (χ4n) is 0.741. The molecule has 1 atom stereocenters. The van der Waals surface area contributed by atoms with Crippen molar-refractivity contribution in [2.45, 2.75) is 19.4 Å². The molecule has 0 bridgehead atoms. The third-order valence-electron chi connectivity index (χ3n) is 1.28. The van der Waals surface area contributed by atoms with Gasteiger partial charge in [0.2, 0.25) is 0 Å². The van der Waals surface area contributed by atoms with Gasteiger partial charge in [0.15, 0.2) is 0 Å². The van der Waals surface area contributed by atoms with Crippen LogP contribution in [0.15, 0.2) is 0 Å². The topological polar surface area (TPSA) is 49.3 Å². The molecule has 0 heterocycles. The molecule has 0 aliphatic rings. The molecule has 0 rings (SSSR count). The molecule has 1 unspecified atom stereocenters. The standard InChI is InChI=1S/C7H15NO2S/c1-6(5-7(9)10)8-3-4-11-2/h6,8H,3-5H2,1-2H3,(H,9,10). The van der Waals surface area contributed by atoms with Crippen molar-refractivity contribution in [1.82, 2.24) is 5.32 Å². The van der Waals surface area contributed by atoms with Crippen molar-refractivity contribution in [3.8, 4) is 0 Å². The van der Waals surface area contributed by atoms with Crippen LogP contribution in [0, 0.1) is 0 Å². The maximum Gasteiger partial charge on any atom is 0.304 e. The first kappa shape index (κ1) is 10.8. The molecule has 2 N–H and O–H groups in total. The Morgan fingerprint density at radius 2 is 2.36 bits per heavy atom. The number of nitrogens with one attached hydrogen (secondary N) is 1. The van der Waals surface area contributed by atoms with Gasteiger partial charge in [-0.3, -0.25) is 4.79 Å². The lowest BCUT2D eigenvalue weighted by Crippen LogP contribution is -2.30. The molecule has 0 aromatic heterocycles. The third kappa shape index (κ3) is 7.68. The molecule has 0 aliphatic heterocycles. The van der Waals surface area contributed by atoms with Gasteiger partial charge in [0.1, 0.15) is 0 Å². The van der Waals surface area contributed by atoms with E-state index in [1.807, 2.05) is 13.2 Å². The average molecular weight is 177 g/mol. The molecule has 0 saturated heterocycles. The summed E-state index contributed by atoms with van der Waals surface area (Å²) >= 11 is 1.75. The minimum Gasteiger partial charge on any atom is -0.481 e. The zero-order valence-electron chi connectivity index (χ0n) is 6.96. The van der Waals surface area contributed by atoms with E-state index < -0.39 is 5.97 Å². The van der Waals surface area contributed by atoms with Gasteiger partial charge in [0.25, 0.3) is 0 Å². The molecule has 0 saturated carbocycles. The Labute approximate surface area is 71.6 Å². The summed E-state index contributed by atoms with van der Waals surface area (Å²) in [5.74, 6) is 0.290. The molecule has 0 aromatic carbocycles. The van der Waals surface area contributed by atoms with Gasteiger partial charge < -0.3 is 10.4 Å². The van der Waals surface area contributed by atoms with Crippen molar-refractivity contribution < 1.29 is 9.90 Å². The van der Waals surface area contributed by atoms with E-state index in [9.17, 15) is 4.79 Å². The number of hydrogen-bond acceptors (Lipinski definition) is 3. The van der Waals surface area contributed by atoms with Crippen molar-refractivity contribution in [3.63, 3.8) is 0 Å². The highest BCUT2D eigenvalue weighted by Crippen LogP contribution is 1.92. The molecule has 11 heavy (non-hydrogen) atoms. The van der Waals surface area contributed by atoms with Crippen LogP contribution in [0.5, 0.6) is 0 Å². The second kappa shape index (κ2) is 6.49. The zero-order valence-corrected chi connectivity index (χ0v) is 7.78. The van der Waals surface area contributed by atoms with E-state index in [0.29, 0.717) is 0 Å². The van der Waals surface area contributed by atoms with Gasteiger partial charge in [-0.05, 0) is 13.2 Å². The van der Waals surface area contributed by atoms with Crippen LogP contribution in [0.4, 0.5) is 0 Å². The molecule has 0 amide bonds. The largest absolute Gasteiger partial charge is 0.481 e. The minimum atomic E-state index is -0.742. The monoisotopic (exact) mass is 177 g/mol. The Bertz CT molecular complexity index is 119. The Hall–Kier alpha value is -0.220. The van der Waals surface area contributed by atoms with Gasteiger partial charge in [0, 0.05) is 18.3 Å². The number of rotatable bonds is 6. The number of aliphatic carboxylic acids is 1. The molecular formula is C7H15NO2S. The van der Waals surface area contributed by atoms with Crippen LogP contribution < -0.4 is 5.32 Å². The van der Waals surface area contributed by atoms with Crippen LogP contribution in [0.25, 0.3) is 0 Å². The van der Waals surface area contributed by atoms with Gasteiger partial charge in [-0.1, -0.05) is 0 Å². The highest BCUT2D eigenvalue weighted by atomic mass is 32.2. The van der Waals surface area contributed by atoms with Gasteiger partial charge in [-0.2, -0.15) is 11.8 Å². The minimum absolute atomic E-state index is 0.0830. The van der Waals surface area contributed by atoms with Crippen LogP contribution in [-0.4, -0.2) is 35.7 Å². The van der Waals surface area contributed by atoms with Crippen molar-refractivity contribution in [3.05, 3.63) is 0 Å². The van der Waals surface area contributed by atoms with Crippen molar-refractivity contribution in [2.24, 2.45) is 0 Å². The lowest BCUT2D eigenvalue weighted by atomic mass is 10.2. The number of carbonyl (C=O) groups is 1. The SMILES string of the molecule is CSCCNC(C)CC(=O)O. The lowest BCUT2D eigenvalue weighted by molar-refractivity contribution is -0.137. The molecule has 3 nitrogen and oxygen atoms in total. The quantitative estimate of drug-likeness (QED) is 0.589. The van der Waals surface area contributed by atoms with Crippen LogP contribution >= 0.6 is 11.8 Å². The van der Waals surface area contributed by atoms with Crippen molar-refractivity contribution in [1.29, 1.82) is 0 Å². The summed E-state index contributed by atoms with van der Waals surface area (Å²) in [5.41, 5.74) is 0. The van der Waals surface area contributed by atoms with E-state index in [4.69, 9.17) is 5.11 Å². The molecule has 4 heteroatoms. The van der Waals surface area contributed by atoms with E-state index in [0.717, 1.165) is 12.3 Å². The van der Waals surface area contributed by atoms with Crippen LogP contribution in [0.1, 0.15) is 13.3 Å². The van der Waals surface area contributed by atoms with Crippen LogP contribution in [0.2, 0.25) is 0 Å². The Morgan fingerprint density at radius 3 is 2.82 bits per heavy atom. The van der Waals surface area contributed by atoms with Gasteiger partial charge >= 0.3 is 5.97 Å². The number of thioether (sulfide) groups is 1. The van der Waals surface area contributed by atoms with E-state index in [-0.39, 0.29) is 12.5 Å². The van der Waals surface area contributed by atoms with E-state index in [1.165, 1.54) is 0 Å². The first-order valence-corrected chi connectivity index (χ1v) is 5.00. The number of hydrogen-bond donors (Lipinski definition) is 2. The van der Waals surface area contributed by atoms with Gasteiger partial charge in [-0.25, -0.2) is 0 Å². The molecule has 0 aliphatic carbocycles. The van der Waals surface area contributed by atoms with Crippen molar-refractivity contribution in [2.75, 3.05) is 18.6 Å². The molecule has 0 fully saturated rings. The summed E-state index contributed by atoms with van der Waals surface area (Å²) in [4.78, 5) is 10.2. The second-order valence-electron chi connectivity index (χ2n) is 2.45. The highest BCUT2D eigenvalue weighted by molar-refractivity contribution is 7.98. The molecular weight excluding hydrogens is 162 g/mol. The Kier molecular flexibility index (Phi) is 6.36. The van der Waals surface area contributed by atoms with Crippen LogP contribution in [-0.2, 0) is 4.79 Å². The second-order valence-corrected chi connectivity index (χ2v) is 3.43. The summed E-state index contributed by atoms with van der Waals surface area (Å²) < 4.78 is 0. The van der Waals surface area contributed by atoms with Crippen LogP contribution in [0.3, 0.4) is 0 Å². The first-order valence-electron chi connectivity index (χ1n) is 3.61. The zero-order chi connectivity index (χ0) is 8.69. The van der Waals surface area contributed by atoms with E-state index >= 15 is 0 Å². The maximum absolute atomic E-state index is 10.2. The summed E-state index contributed by atoms with van der Waals surface area (Å²) in [5, 5.41) is 11.5. The number of carboxylic acid groups (broad SMARTS) is 1. The van der Waals surface area contributed by atoms with E-state index in [2.05, 4.69) is 5.32 Å². The summed E-state index contributed by atoms with van der Waals surface area (Å²) in [6, 6.07) is 0.0830. The smallest absolute Gasteiger partial charge is 0.304 e. The lowest BCUT2D eigenvalue weighted by Gasteiger charge is -2.09. The van der Waals surface area contributed by atoms with Gasteiger partial charge in [0.05, 0.1) is 6.42 Å². The molecule has 66 valence electrons. The summed E-state index contributed by atoms with van der Waals surface area (Å²) in [7, 11) is 0. The fourth-order valence-corrected chi connectivity index (χ4v) is 1.06. The predicted octanol–water partition coefficient (Wildman–Crippen LogP) is 0.802. The third-order valence-corrected chi connectivity index (χ3v) is 1.89. The van der Waals surface area contributed by atoms with E-state index in [1.54, 1.807) is 11.8 Å². The molecule has 0 aromatic rings. The first-order chi connectivity index (χ1) is 5.16. The normalized spacial score (nSPS) is 12.9. The number of carboxylic acids is 1. The molecule has 0 spiro atoms. The predicted molar refractivity (Wildman–Crippen MR) is 48.1 cm³/mol. The Morgan fingerprint density at radius 1 is 1.73 bits per heavy atom. The van der Waals surface area contributed by atoms with Gasteiger partial charge in [-0.15, -0.1) is 0 Å². The highest BCUT2D eigenvalue weighted by Gasteiger charge is 2.04. The molecule has 0 radical (unpaired) electrons. The summed E-state index contributed by atoms with van der Waals surface area (Å²) in [6.07, 6.45) is 2.23. The summed E-state index contributed by atoms with van der Waals surface area (Å²) in [6.45, 7) is 2.77. The Balaban J connectivity index is 3.22.